The molecule has 0 aliphatic rings. The average molecular weight is 173 g/mol. The van der Waals surface area contributed by atoms with Gasteiger partial charge >= 0.3 is 0 Å². The first kappa shape index (κ1) is 7.92. The fourth-order valence-electron chi connectivity index (χ4n) is 1.43. The summed E-state index contributed by atoms with van der Waals surface area (Å²) in [5.41, 5.74) is 0.763. The molecule has 0 heterocycles. The van der Waals surface area contributed by atoms with Crippen LogP contribution in [0.4, 0.5) is 5.69 Å². The van der Waals surface area contributed by atoms with Crippen LogP contribution in [0, 0.1) is 0 Å². The zero-order valence-corrected chi connectivity index (χ0v) is 7.41. The zero-order chi connectivity index (χ0) is 9.26. The van der Waals surface area contributed by atoms with Crippen molar-refractivity contribution in [2.45, 2.75) is 0 Å². The van der Waals surface area contributed by atoms with Gasteiger partial charge in [0.05, 0.1) is 5.69 Å². The van der Waals surface area contributed by atoms with E-state index in [0.717, 1.165) is 16.5 Å². The van der Waals surface area contributed by atoms with Gasteiger partial charge in [0.2, 0.25) is 0 Å². The maximum Gasteiger partial charge on any atom is 0.139 e. The van der Waals surface area contributed by atoms with Crippen LogP contribution in [-0.2, 0) is 0 Å². The number of phenolic OH excluding ortho intramolecular Hbond substituents is 1. The summed E-state index contributed by atoms with van der Waals surface area (Å²) in [6.45, 7) is 0. The van der Waals surface area contributed by atoms with Crippen molar-refractivity contribution in [3.05, 3.63) is 36.4 Å². The highest BCUT2D eigenvalue weighted by Gasteiger charge is 2.00. The van der Waals surface area contributed by atoms with Crippen molar-refractivity contribution in [2.75, 3.05) is 12.4 Å². The summed E-state index contributed by atoms with van der Waals surface area (Å²) in [6, 6.07) is 11.6. The molecule has 2 aromatic rings. The molecule has 0 fully saturated rings. The van der Waals surface area contributed by atoms with E-state index in [9.17, 15) is 5.11 Å². The van der Waals surface area contributed by atoms with Crippen LogP contribution < -0.4 is 5.32 Å². The molecular weight excluding hydrogens is 162 g/mol. The average Bonchev–Trinajstić information content (AvgIpc) is 2.17. The molecule has 0 aliphatic heterocycles. The standard InChI is InChI=1S/C11H11NO/c1-12-10-6-8-4-2-3-5-9(8)7-11(10)13/h2-7,12-13H,1H3. The molecular formula is C11H11NO. The molecule has 0 amide bonds. The topological polar surface area (TPSA) is 32.3 Å². The SMILES string of the molecule is CNc1cc2ccccc2cc1O. The van der Waals surface area contributed by atoms with E-state index in [-0.39, 0.29) is 0 Å². The van der Waals surface area contributed by atoms with E-state index in [1.165, 1.54) is 0 Å². The van der Waals surface area contributed by atoms with Crippen LogP contribution in [0.2, 0.25) is 0 Å². The molecule has 2 N–H and O–H groups in total. The second-order valence-corrected chi connectivity index (χ2v) is 2.97. The molecule has 66 valence electrons. The molecule has 0 atom stereocenters. The molecule has 0 aromatic heterocycles. The van der Waals surface area contributed by atoms with Gasteiger partial charge in [-0.05, 0) is 22.9 Å². The van der Waals surface area contributed by atoms with E-state index in [1.54, 1.807) is 13.1 Å². The van der Waals surface area contributed by atoms with Crippen LogP contribution in [0.15, 0.2) is 36.4 Å². The highest BCUT2D eigenvalue weighted by molar-refractivity contribution is 5.88. The number of benzene rings is 2. The fourth-order valence-corrected chi connectivity index (χ4v) is 1.43. The molecule has 0 unspecified atom stereocenters. The Morgan fingerprint density at radius 1 is 1.08 bits per heavy atom. The predicted molar refractivity (Wildman–Crippen MR) is 55.2 cm³/mol. The smallest absolute Gasteiger partial charge is 0.139 e. The number of fused-ring (bicyclic) bond motifs is 1. The summed E-state index contributed by atoms with van der Waals surface area (Å²) in [4.78, 5) is 0. The maximum absolute atomic E-state index is 9.55. The fraction of sp³-hybridized carbons (Fsp3) is 0.0909. The number of phenols is 1. The van der Waals surface area contributed by atoms with Gasteiger partial charge in [0.15, 0.2) is 0 Å². The number of rotatable bonds is 1. The van der Waals surface area contributed by atoms with Gasteiger partial charge in [0.1, 0.15) is 5.75 Å². The van der Waals surface area contributed by atoms with Crippen LogP contribution in [-0.4, -0.2) is 12.2 Å². The highest BCUT2D eigenvalue weighted by atomic mass is 16.3. The Morgan fingerprint density at radius 2 is 1.69 bits per heavy atom. The van der Waals surface area contributed by atoms with Gasteiger partial charge in [-0.15, -0.1) is 0 Å². The normalized spacial score (nSPS) is 10.2. The van der Waals surface area contributed by atoms with Gasteiger partial charge in [-0.3, -0.25) is 0 Å². The summed E-state index contributed by atoms with van der Waals surface area (Å²) in [7, 11) is 1.80. The van der Waals surface area contributed by atoms with Gasteiger partial charge < -0.3 is 10.4 Å². The third kappa shape index (κ3) is 1.31. The van der Waals surface area contributed by atoms with Crippen LogP contribution in [0.3, 0.4) is 0 Å². The van der Waals surface area contributed by atoms with E-state index in [1.807, 2.05) is 30.3 Å². The van der Waals surface area contributed by atoms with Crippen molar-refractivity contribution in [3.8, 4) is 5.75 Å². The molecule has 2 nitrogen and oxygen atoms in total. The number of hydrogen-bond acceptors (Lipinski definition) is 2. The Balaban J connectivity index is 2.74. The molecule has 0 radical (unpaired) electrons. The van der Waals surface area contributed by atoms with Crippen LogP contribution in [0.5, 0.6) is 5.75 Å². The number of nitrogens with one attached hydrogen (secondary N) is 1. The Kier molecular flexibility index (Phi) is 1.81. The van der Waals surface area contributed by atoms with Gasteiger partial charge in [0, 0.05) is 7.05 Å². The number of aromatic hydroxyl groups is 1. The van der Waals surface area contributed by atoms with Crippen molar-refractivity contribution in [2.24, 2.45) is 0 Å². The predicted octanol–water partition coefficient (Wildman–Crippen LogP) is 2.59. The van der Waals surface area contributed by atoms with E-state index in [4.69, 9.17) is 0 Å². The third-order valence-electron chi connectivity index (χ3n) is 2.13. The lowest BCUT2D eigenvalue weighted by atomic mass is 10.1. The van der Waals surface area contributed by atoms with Gasteiger partial charge in [-0.1, -0.05) is 24.3 Å². The van der Waals surface area contributed by atoms with Gasteiger partial charge in [0.25, 0.3) is 0 Å². The Morgan fingerprint density at radius 3 is 2.31 bits per heavy atom. The second kappa shape index (κ2) is 2.98. The van der Waals surface area contributed by atoms with Crippen LogP contribution in [0.1, 0.15) is 0 Å². The molecule has 0 bridgehead atoms. The van der Waals surface area contributed by atoms with Gasteiger partial charge in [-0.2, -0.15) is 0 Å². The van der Waals surface area contributed by atoms with Crippen molar-refractivity contribution in [1.29, 1.82) is 0 Å². The Hall–Kier alpha value is -1.70. The van der Waals surface area contributed by atoms with E-state index >= 15 is 0 Å². The third-order valence-corrected chi connectivity index (χ3v) is 2.13. The largest absolute Gasteiger partial charge is 0.506 e. The molecule has 2 rings (SSSR count). The quantitative estimate of drug-likeness (QED) is 0.649. The Bertz CT molecular complexity index is 437. The van der Waals surface area contributed by atoms with Crippen molar-refractivity contribution in [3.63, 3.8) is 0 Å². The minimum atomic E-state index is 0.293. The number of anilines is 1. The molecule has 0 spiro atoms. The lowest BCUT2D eigenvalue weighted by Crippen LogP contribution is -1.88. The summed E-state index contributed by atoms with van der Waals surface area (Å²) < 4.78 is 0. The molecule has 0 saturated heterocycles. The van der Waals surface area contributed by atoms with Crippen LogP contribution in [0.25, 0.3) is 10.8 Å². The maximum atomic E-state index is 9.55. The minimum absolute atomic E-state index is 0.293. The molecule has 2 aromatic carbocycles. The first-order valence-electron chi connectivity index (χ1n) is 4.21. The van der Waals surface area contributed by atoms with Crippen LogP contribution >= 0.6 is 0 Å². The van der Waals surface area contributed by atoms with E-state index < -0.39 is 0 Å². The minimum Gasteiger partial charge on any atom is -0.506 e. The van der Waals surface area contributed by atoms with Crippen molar-refractivity contribution in [1.82, 2.24) is 0 Å². The lowest BCUT2D eigenvalue weighted by molar-refractivity contribution is 0.478. The van der Waals surface area contributed by atoms with Gasteiger partial charge in [-0.25, -0.2) is 0 Å². The summed E-state index contributed by atoms with van der Waals surface area (Å²) >= 11 is 0. The van der Waals surface area contributed by atoms with Crippen molar-refractivity contribution < 1.29 is 5.11 Å². The summed E-state index contributed by atoms with van der Waals surface area (Å²) in [6.07, 6.45) is 0. The second-order valence-electron chi connectivity index (χ2n) is 2.97. The molecule has 2 heteroatoms. The highest BCUT2D eigenvalue weighted by Crippen LogP contribution is 2.28. The number of hydrogen-bond donors (Lipinski definition) is 2. The molecule has 13 heavy (non-hydrogen) atoms. The summed E-state index contributed by atoms with van der Waals surface area (Å²) in [5.74, 6) is 0.293. The zero-order valence-electron chi connectivity index (χ0n) is 7.41. The molecule has 0 aliphatic carbocycles. The van der Waals surface area contributed by atoms with E-state index in [0.29, 0.717) is 5.75 Å². The Labute approximate surface area is 76.8 Å². The monoisotopic (exact) mass is 173 g/mol. The first-order chi connectivity index (χ1) is 6.31. The van der Waals surface area contributed by atoms with E-state index in [2.05, 4.69) is 5.32 Å². The molecule has 0 saturated carbocycles. The first-order valence-corrected chi connectivity index (χ1v) is 4.21. The lowest BCUT2D eigenvalue weighted by Gasteiger charge is -2.05. The van der Waals surface area contributed by atoms with Crippen molar-refractivity contribution >= 4 is 16.5 Å². The summed E-state index contributed by atoms with van der Waals surface area (Å²) in [5, 5.41) is 14.7.